The predicted octanol–water partition coefficient (Wildman–Crippen LogP) is 4.07. The van der Waals surface area contributed by atoms with E-state index in [1.807, 2.05) is 37.4 Å². The number of benzene rings is 1. The highest BCUT2D eigenvalue weighted by Gasteiger charge is 2.11. The molecule has 0 saturated carbocycles. The molecule has 0 bridgehead atoms. The number of ether oxygens (including phenoxy) is 2. The third-order valence-electron chi connectivity index (χ3n) is 2.75. The van der Waals surface area contributed by atoms with Crippen LogP contribution in [0.4, 0.5) is 0 Å². The van der Waals surface area contributed by atoms with Crippen LogP contribution in [0.1, 0.15) is 29.1 Å². The van der Waals surface area contributed by atoms with Gasteiger partial charge < -0.3 is 9.47 Å². The molecular formula is C16H17BrN2O3S. The third kappa shape index (κ3) is 4.80. The molecule has 0 fully saturated rings. The smallest absolute Gasteiger partial charge is 0.281 e. The van der Waals surface area contributed by atoms with E-state index in [0.29, 0.717) is 29.6 Å². The van der Waals surface area contributed by atoms with E-state index >= 15 is 0 Å². The molecule has 0 saturated heterocycles. The lowest BCUT2D eigenvalue weighted by Crippen LogP contribution is -2.16. The molecule has 1 N–H and O–H groups in total. The Kier molecular flexibility index (Phi) is 6.61. The lowest BCUT2D eigenvalue weighted by atomic mass is 10.2. The van der Waals surface area contributed by atoms with Gasteiger partial charge in [-0.15, -0.1) is 11.3 Å². The summed E-state index contributed by atoms with van der Waals surface area (Å²) >= 11 is 4.84. The number of nitrogens with one attached hydrogen (secondary N) is 1. The molecule has 122 valence electrons. The van der Waals surface area contributed by atoms with E-state index in [0.717, 1.165) is 10.0 Å². The zero-order valence-electron chi connectivity index (χ0n) is 12.8. The molecule has 0 spiro atoms. The molecule has 1 aromatic heterocycles. The monoisotopic (exact) mass is 396 g/mol. The zero-order valence-corrected chi connectivity index (χ0v) is 15.2. The largest absolute Gasteiger partial charge is 0.490 e. The normalized spacial score (nSPS) is 10.7. The van der Waals surface area contributed by atoms with Crippen molar-refractivity contribution in [2.24, 2.45) is 5.10 Å². The number of hydrogen-bond acceptors (Lipinski definition) is 5. The van der Waals surface area contributed by atoms with Crippen molar-refractivity contribution in [3.8, 4) is 11.5 Å². The highest BCUT2D eigenvalue weighted by molar-refractivity contribution is 9.10. The number of halogens is 1. The second-order valence-corrected chi connectivity index (χ2v) is 6.17. The summed E-state index contributed by atoms with van der Waals surface area (Å²) in [6.07, 6.45) is 1.56. The fourth-order valence-corrected chi connectivity index (χ4v) is 3.03. The van der Waals surface area contributed by atoms with Crippen molar-refractivity contribution >= 4 is 39.4 Å². The Balaban J connectivity index is 2.13. The molecule has 0 unspecified atom stereocenters. The highest BCUT2D eigenvalue weighted by atomic mass is 79.9. The van der Waals surface area contributed by atoms with E-state index in [9.17, 15) is 4.79 Å². The minimum absolute atomic E-state index is 0.230. The summed E-state index contributed by atoms with van der Waals surface area (Å²) in [7, 11) is 0. The van der Waals surface area contributed by atoms with Crippen LogP contribution in [-0.2, 0) is 0 Å². The number of thiophene rings is 1. The summed E-state index contributed by atoms with van der Waals surface area (Å²) in [5, 5.41) is 5.82. The van der Waals surface area contributed by atoms with Crippen LogP contribution in [0.25, 0.3) is 0 Å². The fraction of sp³-hybridized carbons (Fsp3) is 0.250. The van der Waals surface area contributed by atoms with E-state index in [-0.39, 0.29) is 5.91 Å². The van der Waals surface area contributed by atoms with E-state index in [1.54, 1.807) is 12.3 Å². The molecule has 1 aromatic carbocycles. The molecule has 0 aliphatic heterocycles. The van der Waals surface area contributed by atoms with Crippen LogP contribution in [0, 0.1) is 0 Å². The molecule has 7 heteroatoms. The van der Waals surface area contributed by atoms with Gasteiger partial charge in [-0.2, -0.15) is 5.10 Å². The summed E-state index contributed by atoms with van der Waals surface area (Å²) in [4.78, 5) is 12.4. The Hall–Kier alpha value is -1.86. The summed E-state index contributed by atoms with van der Waals surface area (Å²) in [5.74, 6) is 1.06. The lowest BCUT2D eigenvalue weighted by Gasteiger charge is -2.13. The molecule has 23 heavy (non-hydrogen) atoms. The van der Waals surface area contributed by atoms with Gasteiger partial charge in [0.05, 0.1) is 28.8 Å². The van der Waals surface area contributed by atoms with Crippen LogP contribution in [0.2, 0.25) is 0 Å². The minimum atomic E-state index is -0.230. The molecule has 1 amide bonds. The fourth-order valence-electron chi connectivity index (χ4n) is 1.84. The van der Waals surface area contributed by atoms with Crippen molar-refractivity contribution in [3.63, 3.8) is 0 Å². The quantitative estimate of drug-likeness (QED) is 0.566. The number of hydrogen-bond donors (Lipinski definition) is 1. The second kappa shape index (κ2) is 8.69. The first kappa shape index (κ1) is 17.5. The maximum Gasteiger partial charge on any atom is 0.281 e. The average Bonchev–Trinajstić information content (AvgIpc) is 3.05. The van der Waals surface area contributed by atoms with Crippen LogP contribution in [-0.4, -0.2) is 25.3 Å². The van der Waals surface area contributed by atoms with Gasteiger partial charge in [-0.25, -0.2) is 5.43 Å². The number of rotatable bonds is 7. The Morgan fingerprint density at radius 3 is 2.78 bits per heavy atom. The Bertz CT molecular complexity index is 687. The summed E-state index contributed by atoms with van der Waals surface area (Å²) in [6, 6.07) is 7.24. The maximum atomic E-state index is 11.8. The topological polar surface area (TPSA) is 59.9 Å². The first-order valence-corrected chi connectivity index (χ1v) is 8.79. The van der Waals surface area contributed by atoms with Gasteiger partial charge in [-0.1, -0.05) is 6.07 Å². The number of carbonyl (C=O) groups is 1. The molecule has 2 rings (SSSR count). The highest BCUT2D eigenvalue weighted by Crippen LogP contribution is 2.36. The molecule has 0 aliphatic carbocycles. The molecule has 0 atom stereocenters. The number of hydrazone groups is 1. The first-order valence-electron chi connectivity index (χ1n) is 7.11. The van der Waals surface area contributed by atoms with Gasteiger partial charge in [-0.3, -0.25) is 4.79 Å². The van der Waals surface area contributed by atoms with E-state index in [1.165, 1.54) is 11.3 Å². The van der Waals surface area contributed by atoms with Crippen LogP contribution < -0.4 is 14.9 Å². The van der Waals surface area contributed by atoms with Gasteiger partial charge >= 0.3 is 0 Å². The maximum absolute atomic E-state index is 11.8. The van der Waals surface area contributed by atoms with Crippen LogP contribution in [0.15, 0.2) is 39.2 Å². The summed E-state index contributed by atoms with van der Waals surface area (Å²) < 4.78 is 12.0. The van der Waals surface area contributed by atoms with Crippen molar-refractivity contribution in [3.05, 3.63) is 44.6 Å². The first-order chi connectivity index (χ1) is 11.2. The van der Waals surface area contributed by atoms with Crippen molar-refractivity contribution in [2.75, 3.05) is 13.2 Å². The standard InChI is InChI=1S/C16H17BrN2O3S/c1-3-21-13-9-11(8-12(17)15(13)22-4-2)10-18-19-16(20)14-6-5-7-23-14/h5-10H,3-4H2,1-2H3,(H,19,20)/b18-10+. The van der Waals surface area contributed by atoms with Gasteiger partial charge in [0.25, 0.3) is 5.91 Å². The van der Waals surface area contributed by atoms with Gasteiger partial charge in [0.2, 0.25) is 0 Å². The van der Waals surface area contributed by atoms with E-state index in [2.05, 4.69) is 26.5 Å². The summed E-state index contributed by atoms with van der Waals surface area (Å²) in [5.41, 5.74) is 3.29. The van der Waals surface area contributed by atoms with Gasteiger partial charge in [0.1, 0.15) is 0 Å². The zero-order chi connectivity index (χ0) is 16.7. The molecule has 0 radical (unpaired) electrons. The second-order valence-electron chi connectivity index (χ2n) is 4.37. The Morgan fingerprint density at radius 1 is 1.35 bits per heavy atom. The lowest BCUT2D eigenvalue weighted by molar-refractivity contribution is 0.0959. The van der Waals surface area contributed by atoms with Crippen LogP contribution in [0.5, 0.6) is 11.5 Å². The van der Waals surface area contributed by atoms with Crippen molar-refractivity contribution in [2.45, 2.75) is 13.8 Å². The average molecular weight is 397 g/mol. The van der Waals surface area contributed by atoms with Crippen molar-refractivity contribution in [1.29, 1.82) is 0 Å². The summed E-state index contributed by atoms with van der Waals surface area (Å²) in [6.45, 7) is 4.90. The molecule has 0 aliphatic rings. The van der Waals surface area contributed by atoms with Crippen molar-refractivity contribution < 1.29 is 14.3 Å². The molecule has 1 heterocycles. The van der Waals surface area contributed by atoms with E-state index in [4.69, 9.17) is 9.47 Å². The van der Waals surface area contributed by atoms with Crippen LogP contribution >= 0.6 is 27.3 Å². The number of carbonyl (C=O) groups excluding carboxylic acids is 1. The molecule has 2 aromatic rings. The molecular weight excluding hydrogens is 380 g/mol. The number of amides is 1. The van der Waals surface area contributed by atoms with Crippen LogP contribution in [0.3, 0.4) is 0 Å². The number of nitrogens with zero attached hydrogens (tertiary/aromatic N) is 1. The van der Waals surface area contributed by atoms with Crippen molar-refractivity contribution in [1.82, 2.24) is 5.43 Å². The third-order valence-corrected chi connectivity index (χ3v) is 4.20. The Labute approximate surface area is 147 Å². The minimum Gasteiger partial charge on any atom is -0.490 e. The predicted molar refractivity (Wildman–Crippen MR) is 95.9 cm³/mol. The van der Waals surface area contributed by atoms with E-state index < -0.39 is 0 Å². The van der Waals surface area contributed by atoms with Gasteiger partial charge in [-0.05, 0) is 58.9 Å². The SMILES string of the molecule is CCOc1cc(/C=N/NC(=O)c2cccs2)cc(Br)c1OCC. The van der Waals surface area contributed by atoms with Gasteiger partial charge in [0, 0.05) is 0 Å². The van der Waals surface area contributed by atoms with Gasteiger partial charge in [0.15, 0.2) is 11.5 Å². The molecule has 5 nitrogen and oxygen atoms in total. The Morgan fingerprint density at radius 2 is 2.13 bits per heavy atom.